The maximum absolute atomic E-state index is 4.46. The van der Waals surface area contributed by atoms with Gasteiger partial charge in [-0.05, 0) is 6.07 Å². The van der Waals surface area contributed by atoms with Crippen LogP contribution < -0.4 is 0 Å². The summed E-state index contributed by atoms with van der Waals surface area (Å²) < 4.78 is 0. The Bertz CT molecular complexity index is 436. The minimum atomic E-state index is 0.393. The largest absolute Gasteiger partial charge is 0.240 e. The molecule has 0 saturated carbocycles. The Morgan fingerprint density at radius 1 is 1.06 bits per heavy atom. The second-order valence-corrected chi connectivity index (χ2v) is 4.15. The summed E-state index contributed by atoms with van der Waals surface area (Å²) in [6, 6.07) is 8.04. The summed E-state index contributed by atoms with van der Waals surface area (Å²) in [4.78, 5) is 8.76. The van der Waals surface area contributed by atoms with E-state index in [0.29, 0.717) is 5.92 Å². The summed E-state index contributed by atoms with van der Waals surface area (Å²) in [7, 11) is 0. The highest BCUT2D eigenvalue weighted by Gasteiger charge is 2.02. The lowest BCUT2D eigenvalue weighted by molar-refractivity contribution is 0.783. The van der Waals surface area contributed by atoms with Gasteiger partial charge >= 0.3 is 0 Å². The first-order valence-electron chi connectivity index (χ1n) is 6.90. The van der Waals surface area contributed by atoms with Gasteiger partial charge < -0.3 is 0 Å². The van der Waals surface area contributed by atoms with Crippen molar-refractivity contribution in [3.8, 4) is 0 Å². The van der Waals surface area contributed by atoms with Gasteiger partial charge in [-0.25, -0.2) is 9.97 Å². The number of para-hydroxylation sites is 1. The number of aromatic nitrogens is 2. The Morgan fingerprint density at radius 3 is 2.17 bits per heavy atom. The lowest BCUT2D eigenvalue weighted by Gasteiger charge is -2.03. The van der Waals surface area contributed by atoms with Gasteiger partial charge in [-0.15, -0.1) is 0 Å². The van der Waals surface area contributed by atoms with Gasteiger partial charge in [0.25, 0.3) is 0 Å². The monoisotopic (exact) mass is 246 g/mol. The van der Waals surface area contributed by atoms with Crippen molar-refractivity contribution in [1.29, 1.82) is 0 Å². The molecule has 0 aliphatic rings. The zero-order valence-corrected chi connectivity index (χ0v) is 12.6. The molecule has 2 aromatic rings. The number of hydrogen-bond acceptors (Lipinski definition) is 2. The Labute approximate surface area is 111 Å². The van der Waals surface area contributed by atoms with E-state index in [-0.39, 0.29) is 0 Å². The van der Waals surface area contributed by atoms with E-state index in [4.69, 9.17) is 0 Å². The molecule has 0 spiro atoms. The molecule has 100 valence electrons. The fourth-order valence-corrected chi connectivity index (χ4v) is 1.26. The molecule has 2 heteroatoms. The quantitative estimate of drug-likeness (QED) is 0.691. The van der Waals surface area contributed by atoms with Crippen molar-refractivity contribution in [2.24, 2.45) is 0 Å². The van der Waals surface area contributed by atoms with Crippen LogP contribution in [0.2, 0.25) is 0 Å². The minimum Gasteiger partial charge on any atom is -0.240 e. The summed E-state index contributed by atoms with van der Waals surface area (Å²) in [5, 5.41) is 1.10. The van der Waals surface area contributed by atoms with E-state index in [9.17, 15) is 0 Å². The molecule has 0 aliphatic heterocycles. The molecule has 0 saturated heterocycles. The summed E-state index contributed by atoms with van der Waals surface area (Å²) >= 11 is 0. The van der Waals surface area contributed by atoms with E-state index in [1.165, 1.54) is 6.42 Å². The summed E-state index contributed by atoms with van der Waals surface area (Å²) in [5.41, 5.74) is 1.03. The molecule has 0 bridgehead atoms. The van der Waals surface area contributed by atoms with Crippen LogP contribution in [0.3, 0.4) is 0 Å². The predicted octanol–water partition coefficient (Wildman–Crippen LogP) is 5.20. The van der Waals surface area contributed by atoms with Crippen LogP contribution in [0.4, 0.5) is 0 Å². The van der Waals surface area contributed by atoms with Crippen LogP contribution in [0.25, 0.3) is 10.9 Å². The van der Waals surface area contributed by atoms with Gasteiger partial charge in [0.05, 0.1) is 5.52 Å². The van der Waals surface area contributed by atoms with Crippen molar-refractivity contribution in [1.82, 2.24) is 9.97 Å². The molecule has 0 amide bonds. The summed E-state index contributed by atoms with van der Waals surface area (Å²) in [6.07, 6.45) is 3.14. The zero-order chi connectivity index (χ0) is 14.0. The predicted molar refractivity (Wildman–Crippen MR) is 80.9 cm³/mol. The van der Waals surface area contributed by atoms with Gasteiger partial charge in [-0.1, -0.05) is 66.2 Å². The highest BCUT2D eigenvalue weighted by atomic mass is 14.9. The molecule has 0 fully saturated rings. The van der Waals surface area contributed by atoms with Gasteiger partial charge in [0.15, 0.2) is 0 Å². The second kappa shape index (κ2) is 9.58. The third kappa shape index (κ3) is 5.26. The van der Waals surface area contributed by atoms with Gasteiger partial charge in [0.1, 0.15) is 5.82 Å². The summed E-state index contributed by atoms with van der Waals surface area (Å²) in [6.45, 7) is 12.5. The molecule has 2 nitrogen and oxygen atoms in total. The first-order chi connectivity index (χ1) is 8.69. The van der Waals surface area contributed by atoms with E-state index >= 15 is 0 Å². The normalized spacial score (nSPS) is 9.28. The molecule has 1 aromatic heterocycles. The first-order valence-corrected chi connectivity index (χ1v) is 6.90. The fraction of sp³-hybridized carbons (Fsp3) is 0.500. The van der Waals surface area contributed by atoms with E-state index in [0.717, 1.165) is 16.7 Å². The van der Waals surface area contributed by atoms with Crippen LogP contribution in [-0.4, -0.2) is 9.97 Å². The molecule has 18 heavy (non-hydrogen) atoms. The smallest absolute Gasteiger partial charge is 0.131 e. The molecule has 1 heterocycles. The van der Waals surface area contributed by atoms with Gasteiger partial charge in [-0.2, -0.15) is 0 Å². The van der Waals surface area contributed by atoms with E-state index in [1.54, 1.807) is 0 Å². The van der Waals surface area contributed by atoms with Crippen molar-refractivity contribution in [3.63, 3.8) is 0 Å². The lowest BCUT2D eigenvalue weighted by atomic mass is 10.2. The Balaban J connectivity index is 0.000000509. The third-order valence-corrected chi connectivity index (χ3v) is 2.02. The van der Waals surface area contributed by atoms with Crippen LogP contribution in [-0.2, 0) is 0 Å². The number of hydrogen-bond donors (Lipinski definition) is 0. The number of benzene rings is 1. The highest BCUT2D eigenvalue weighted by Crippen LogP contribution is 2.14. The molecule has 0 radical (unpaired) electrons. The Hall–Kier alpha value is -1.44. The Morgan fingerprint density at radius 2 is 1.61 bits per heavy atom. The maximum atomic E-state index is 4.46. The van der Waals surface area contributed by atoms with E-state index in [2.05, 4.69) is 37.7 Å². The average Bonchev–Trinajstić information content (AvgIpc) is 2.41. The second-order valence-electron chi connectivity index (χ2n) is 4.15. The van der Waals surface area contributed by atoms with Crippen LogP contribution in [0.15, 0.2) is 30.5 Å². The van der Waals surface area contributed by atoms with Crippen molar-refractivity contribution in [2.45, 2.75) is 53.9 Å². The molecule has 1 aromatic carbocycles. The van der Waals surface area contributed by atoms with Crippen molar-refractivity contribution >= 4 is 10.9 Å². The molecule has 0 unspecified atom stereocenters. The van der Waals surface area contributed by atoms with Crippen molar-refractivity contribution in [2.75, 3.05) is 0 Å². The molecular weight excluding hydrogens is 220 g/mol. The lowest BCUT2D eigenvalue weighted by Crippen LogP contribution is -1.96. The van der Waals surface area contributed by atoms with Gasteiger partial charge in [0, 0.05) is 17.5 Å². The van der Waals surface area contributed by atoms with Gasteiger partial charge in [-0.3, -0.25) is 0 Å². The molecule has 0 aliphatic carbocycles. The minimum absolute atomic E-state index is 0.393. The maximum Gasteiger partial charge on any atom is 0.131 e. The third-order valence-electron chi connectivity index (χ3n) is 2.02. The molecule has 0 N–H and O–H groups in total. The fourth-order valence-electron chi connectivity index (χ4n) is 1.26. The molecular formula is C16H26N2. The average molecular weight is 246 g/mol. The molecule has 0 atom stereocenters. The SMILES string of the molecule is CC.CC(C)c1ncc2ccccc2n1.CCC. The van der Waals surface area contributed by atoms with E-state index in [1.807, 2.05) is 44.3 Å². The molecule has 2 rings (SSSR count). The van der Waals surface area contributed by atoms with Gasteiger partial charge in [0.2, 0.25) is 0 Å². The number of fused-ring (bicyclic) bond motifs is 1. The number of rotatable bonds is 1. The topological polar surface area (TPSA) is 25.8 Å². The van der Waals surface area contributed by atoms with Crippen molar-refractivity contribution in [3.05, 3.63) is 36.3 Å². The van der Waals surface area contributed by atoms with Crippen LogP contribution in [0.1, 0.15) is 59.7 Å². The van der Waals surface area contributed by atoms with Crippen LogP contribution >= 0.6 is 0 Å². The van der Waals surface area contributed by atoms with Crippen LogP contribution in [0, 0.1) is 0 Å². The number of nitrogens with zero attached hydrogens (tertiary/aromatic N) is 2. The van der Waals surface area contributed by atoms with Crippen LogP contribution in [0.5, 0.6) is 0 Å². The van der Waals surface area contributed by atoms with E-state index < -0.39 is 0 Å². The standard InChI is InChI=1S/C11H12N2.C3H8.C2H6/c1-8(2)11-12-7-9-5-3-4-6-10(9)13-11;1-3-2;1-2/h3-8H,1-2H3;3H2,1-2H3;1-2H3. The highest BCUT2D eigenvalue weighted by molar-refractivity contribution is 5.77. The van der Waals surface area contributed by atoms with Crippen molar-refractivity contribution < 1.29 is 0 Å². The summed E-state index contributed by atoms with van der Waals surface area (Å²) in [5.74, 6) is 1.31. The Kier molecular flexibility index (Phi) is 8.81. The first kappa shape index (κ1) is 16.6. The zero-order valence-electron chi connectivity index (χ0n) is 12.6.